The highest BCUT2D eigenvalue weighted by atomic mass is 16.5. The average molecular weight is 432 g/mol. The molecule has 1 amide bonds. The number of ether oxygens (including phenoxy) is 2. The van der Waals surface area contributed by atoms with E-state index in [-0.39, 0.29) is 5.91 Å². The summed E-state index contributed by atoms with van der Waals surface area (Å²) in [5.41, 5.74) is 3.24. The van der Waals surface area contributed by atoms with Crippen LogP contribution in [0.3, 0.4) is 0 Å². The lowest BCUT2D eigenvalue weighted by Crippen LogP contribution is -2.35. The van der Waals surface area contributed by atoms with Gasteiger partial charge in [-0.3, -0.25) is 4.79 Å². The van der Waals surface area contributed by atoms with Gasteiger partial charge in [0.1, 0.15) is 17.6 Å². The van der Waals surface area contributed by atoms with Crippen molar-refractivity contribution in [1.29, 1.82) is 0 Å². The molecule has 0 aromatic heterocycles. The molecule has 6 nitrogen and oxygen atoms in total. The predicted octanol–water partition coefficient (Wildman–Crippen LogP) is 5.16. The van der Waals surface area contributed by atoms with Crippen molar-refractivity contribution in [3.05, 3.63) is 78.4 Å². The number of amides is 1. The molecule has 166 valence electrons. The number of carbonyl (C=O) groups is 1. The summed E-state index contributed by atoms with van der Waals surface area (Å²) in [5.74, 6) is 1.47. The Bertz CT molecular complexity index is 1010. The maximum atomic E-state index is 12.4. The van der Waals surface area contributed by atoms with Gasteiger partial charge in [-0.2, -0.15) is 0 Å². The summed E-state index contributed by atoms with van der Waals surface area (Å²) in [6.07, 6.45) is 2.43. The van der Waals surface area contributed by atoms with Crippen molar-refractivity contribution in [2.75, 3.05) is 37.9 Å². The molecule has 1 heterocycles. The second-order valence-corrected chi connectivity index (χ2v) is 8.03. The van der Waals surface area contributed by atoms with Crippen LogP contribution < -0.4 is 20.1 Å². The highest BCUT2D eigenvalue weighted by Crippen LogP contribution is 2.24. The molecule has 3 aromatic rings. The first-order valence-electron chi connectivity index (χ1n) is 10.9. The number of carbonyl (C=O) groups excluding carboxylic acids is 1. The molecule has 1 saturated heterocycles. The number of hydrogen-bond donors (Lipinski definition) is 2. The Kier molecular flexibility index (Phi) is 6.92. The van der Waals surface area contributed by atoms with Crippen LogP contribution in [0.2, 0.25) is 0 Å². The van der Waals surface area contributed by atoms with Crippen molar-refractivity contribution < 1.29 is 14.3 Å². The first-order chi connectivity index (χ1) is 15.6. The van der Waals surface area contributed by atoms with Gasteiger partial charge in [0.2, 0.25) is 0 Å². The fourth-order valence-corrected chi connectivity index (χ4v) is 3.66. The van der Waals surface area contributed by atoms with Crippen LogP contribution in [0.4, 0.5) is 17.1 Å². The van der Waals surface area contributed by atoms with Crippen LogP contribution in [0.25, 0.3) is 0 Å². The molecule has 2 N–H and O–H groups in total. The van der Waals surface area contributed by atoms with Crippen LogP contribution >= 0.6 is 0 Å². The molecule has 1 fully saturated rings. The minimum Gasteiger partial charge on any atom is -0.497 e. The maximum absolute atomic E-state index is 12.4. The molecule has 0 bridgehead atoms. The van der Waals surface area contributed by atoms with Crippen LogP contribution in [0.1, 0.15) is 23.2 Å². The van der Waals surface area contributed by atoms with Gasteiger partial charge in [0.25, 0.3) is 5.91 Å². The van der Waals surface area contributed by atoms with E-state index in [1.165, 1.54) is 0 Å². The smallest absolute Gasteiger partial charge is 0.255 e. The average Bonchev–Trinajstić information content (AvgIpc) is 2.83. The van der Waals surface area contributed by atoms with Crippen molar-refractivity contribution in [1.82, 2.24) is 4.90 Å². The van der Waals surface area contributed by atoms with Crippen molar-refractivity contribution in [3.8, 4) is 11.5 Å². The Hall–Kier alpha value is -3.51. The lowest BCUT2D eigenvalue weighted by molar-refractivity contribution is 0.102. The second kappa shape index (κ2) is 10.2. The summed E-state index contributed by atoms with van der Waals surface area (Å²) in [4.78, 5) is 14.7. The lowest BCUT2D eigenvalue weighted by atomic mass is 10.1. The molecule has 0 radical (unpaired) electrons. The van der Waals surface area contributed by atoms with E-state index in [1.807, 2.05) is 48.5 Å². The molecule has 3 aromatic carbocycles. The number of rotatable bonds is 7. The summed E-state index contributed by atoms with van der Waals surface area (Å²) < 4.78 is 11.2. The first kappa shape index (κ1) is 21.7. The molecule has 1 aliphatic rings. The summed E-state index contributed by atoms with van der Waals surface area (Å²) in [5, 5.41) is 6.29. The number of anilines is 3. The van der Waals surface area contributed by atoms with Gasteiger partial charge < -0.3 is 25.0 Å². The van der Waals surface area contributed by atoms with Gasteiger partial charge in [-0.05, 0) is 92.7 Å². The maximum Gasteiger partial charge on any atom is 0.255 e. The molecular formula is C26H29N3O3. The zero-order valence-electron chi connectivity index (χ0n) is 18.5. The van der Waals surface area contributed by atoms with Crippen molar-refractivity contribution >= 4 is 23.0 Å². The van der Waals surface area contributed by atoms with E-state index in [1.54, 1.807) is 31.4 Å². The van der Waals surface area contributed by atoms with Crippen LogP contribution in [0, 0.1) is 0 Å². The summed E-state index contributed by atoms with van der Waals surface area (Å²) in [6.45, 7) is 2.17. The van der Waals surface area contributed by atoms with Gasteiger partial charge in [0, 0.05) is 35.7 Å². The standard InChI is InChI=1S/C26H29N3O3/c1-29-17-15-25(16-18-29)32-24-13-9-21(10-14-24)27-20-5-7-22(8-6-20)28-26(30)19-3-11-23(31-2)12-4-19/h3-14,25,27H,15-18H2,1-2H3,(H,28,30). The largest absolute Gasteiger partial charge is 0.497 e. The summed E-state index contributed by atoms with van der Waals surface area (Å²) >= 11 is 0. The number of likely N-dealkylation sites (tertiary alicyclic amines) is 1. The van der Waals surface area contributed by atoms with Crippen LogP contribution in [-0.4, -0.2) is 44.2 Å². The Balaban J connectivity index is 1.29. The number of methoxy groups -OCH3 is 1. The topological polar surface area (TPSA) is 62.8 Å². The molecule has 6 heteroatoms. The van der Waals surface area contributed by atoms with Gasteiger partial charge in [-0.1, -0.05) is 0 Å². The number of benzene rings is 3. The molecule has 0 aliphatic carbocycles. The lowest BCUT2D eigenvalue weighted by Gasteiger charge is -2.29. The molecule has 0 atom stereocenters. The quantitative estimate of drug-likeness (QED) is 0.541. The summed E-state index contributed by atoms with van der Waals surface area (Å²) in [7, 11) is 3.75. The normalized spacial score (nSPS) is 14.6. The number of nitrogens with one attached hydrogen (secondary N) is 2. The zero-order chi connectivity index (χ0) is 22.3. The van der Waals surface area contributed by atoms with Gasteiger partial charge in [0.15, 0.2) is 0 Å². The van der Waals surface area contributed by atoms with E-state index in [0.717, 1.165) is 54.5 Å². The third-order valence-electron chi connectivity index (χ3n) is 5.61. The van der Waals surface area contributed by atoms with Crippen molar-refractivity contribution in [3.63, 3.8) is 0 Å². The highest BCUT2D eigenvalue weighted by Gasteiger charge is 2.17. The predicted molar refractivity (Wildman–Crippen MR) is 128 cm³/mol. The minimum atomic E-state index is -0.159. The summed E-state index contributed by atoms with van der Waals surface area (Å²) in [6, 6.07) is 22.7. The SMILES string of the molecule is COc1ccc(C(=O)Nc2ccc(Nc3ccc(OC4CCN(C)CC4)cc3)cc2)cc1. The monoisotopic (exact) mass is 431 g/mol. The van der Waals surface area contributed by atoms with E-state index in [0.29, 0.717) is 11.7 Å². The van der Waals surface area contributed by atoms with Gasteiger partial charge in [-0.25, -0.2) is 0 Å². The number of hydrogen-bond acceptors (Lipinski definition) is 5. The zero-order valence-corrected chi connectivity index (χ0v) is 18.5. The highest BCUT2D eigenvalue weighted by molar-refractivity contribution is 6.04. The molecule has 0 saturated carbocycles. The van der Waals surface area contributed by atoms with Crippen LogP contribution in [-0.2, 0) is 0 Å². The van der Waals surface area contributed by atoms with Crippen molar-refractivity contribution in [2.24, 2.45) is 0 Å². The van der Waals surface area contributed by atoms with Crippen LogP contribution in [0.5, 0.6) is 11.5 Å². The number of piperidine rings is 1. The Morgan fingerprint density at radius 1 is 0.812 bits per heavy atom. The third kappa shape index (κ3) is 5.80. The van der Waals surface area contributed by atoms with E-state index in [2.05, 4.69) is 22.6 Å². The molecule has 4 rings (SSSR count). The fourth-order valence-electron chi connectivity index (χ4n) is 3.66. The molecule has 1 aliphatic heterocycles. The number of nitrogens with zero attached hydrogens (tertiary/aromatic N) is 1. The van der Waals surface area contributed by atoms with Gasteiger partial charge in [0.05, 0.1) is 7.11 Å². The van der Waals surface area contributed by atoms with Gasteiger partial charge >= 0.3 is 0 Å². The van der Waals surface area contributed by atoms with Crippen molar-refractivity contribution in [2.45, 2.75) is 18.9 Å². The Morgan fingerprint density at radius 2 is 1.34 bits per heavy atom. The molecular weight excluding hydrogens is 402 g/mol. The second-order valence-electron chi connectivity index (χ2n) is 8.03. The fraction of sp³-hybridized carbons (Fsp3) is 0.269. The molecule has 0 unspecified atom stereocenters. The van der Waals surface area contributed by atoms with Crippen LogP contribution in [0.15, 0.2) is 72.8 Å². The first-order valence-corrected chi connectivity index (χ1v) is 10.9. The Labute approximate surface area is 189 Å². The molecule has 0 spiro atoms. The minimum absolute atomic E-state index is 0.159. The van der Waals surface area contributed by atoms with E-state index >= 15 is 0 Å². The third-order valence-corrected chi connectivity index (χ3v) is 5.61. The van der Waals surface area contributed by atoms with Gasteiger partial charge in [-0.15, -0.1) is 0 Å². The molecule has 32 heavy (non-hydrogen) atoms. The Morgan fingerprint density at radius 3 is 1.94 bits per heavy atom. The van der Waals surface area contributed by atoms with E-state index < -0.39 is 0 Å². The van der Waals surface area contributed by atoms with E-state index in [4.69, 9.17) is 9.47 Å². The van der Waals surface area contributed by atoms with E-state index in [9.17, 15) is 4.79 Å².